The molecule has 1 aromatic rings. The first-order valence-corrected chi connectivity index (χ1v) is 5.55. The number of nitriles is 1. The Hall–Kier alpha value is -1.53. The summed E-state index contributed by atoms with van der Waals surface area (Å²) in [4.78, 5) is 2.03. The first-order valence-electron chi connectivity index (χ1n) is 5.55. The maximum Gasteiger partial charge on any atom is 0.0787 e. The molecule has 0 amide bonds. The van der Waals surface area contributed by atoms with Crippen molar-refractivity contribution in [3.63, 3.8) is 0 Å². The van der Waals surface area contributed by atoms with E-state index in [0.717, 1.165) is 24.2 Å². The van der Waals surface area contributed by atoms with Gasteiger partial charge in [-0.15, -0.1) is 0 Å². The Morgan fingerprint density at radius 2 is 2.00 bits per heavy atom. The van der Waals surface area contributed by atoms with Gasteiger partial charge < -0.3 is 10.0 Å². The van der Waals surface area contributed by atoms with Crippen molar-refractivity contribution >= 4 is 5.69 Å². The molecule has 1 atom stereocenters. The topological polar surface area (TPSA) is 47.3 Å². The summed E-state index contributed by atoms with van der Waals surface area (Å²) in [7, 11) is 1.96. The van der Waals surface area contributed by atoms with Crippen LogP contribution in [0.1, 0.15) is 31.4 Å². The monoisotopic (exact) mass is 218 g/mol. The molecule has 0 heterocycles. The molecule has 0 radical (unpaired) electrons. The van der Waals surface area contributed by atoms with Crippen molar-refractivity contribution < 1.29 is 5.11 Å². The second-order valence-corrected chi connectivity index (χ2v) is 3.85. The summed E-state index contributed by atoms with van der Waals surface area (Å²) < 4.78 is 0. The van der Waals surface area contributed by atoms with Crippen molar-refractivity contribution in [2.45, 2.75) is 25.9 Å². The highest BCUT2D eigenvalue weighted by Gasteiger charge is 2.05. The molecule has 0 spiro atoms. The molecular formula is C13H18N2O. The van der Waals surface area contributed by atoms with Gasteiger partial charge in [-0.3, -0.25) is 0 Å². The zero-order chi connectivity index (χ0) is 12.0. The van der Waals surface area contributed by atoms with E-state index >= 15 is 0 Å². The van der Waals surface area contributed by atoms with Gasteiger partial charge in [-0.05, 0) is 24.1 Å². The Bertz CT molecular complexity index is 353. The third-order valence-corrected chi connectivity index (χ3v) is 2.66. The molecule has 86 valence electrons. The first kappa shape index (κ1) is 12.5. The van der Waals surface area contributed by atoms with Crippen molar-refractivity contribution in [2.75, 3.05) is 18.5 Å². The van der Waals surface area contributed by atoms with Gasteiger partial charge in [-0.1, -0.05) is 19.1 Å². The Kier molecular flexibility index (Phi) is 4.81. The van der Waals surface area contributed by atoms with E-state index in [9.17, 15) is 5.11 Å². The minimum absolute atomic E-state index is 0.376. The van der Waals surface area contributed by atoms with Gasteiger partial charge in [0.25, 0.3) is 0 Å². The summed E-state index contributed by atoms with van der Waals surface area (Å²) in [5.41, 5.74) is 2.02. The molecule has 0 saturated heterocycles. The van der Waals surface area contributed by atoms with Crippen LogP contribution in [0.15, 0.2) is 24.3 Å². The van der Waals surface area contributed by atoms with Gasteiger partial charge >= 0.3 is 0 Å². The van der Waals surface area contributed by atoms with Crippen molar-refractivity contribution in [2.24, 2.45) is 0 Å². The van der Waals surface area contributed by atoms with E-state index in [1.165, 1.54) is 0 Å². The van der Waals surface area contributed by atoms with Crippen LogP contribution in [0.5, 0.6) is 0 Å². The number of hydrogen-bond acceptors (Lipinski definition) is 3. The lowest BCUT2D eigenvalue weighted by Gasteiger charge is -2.18. The molecule has 1 N–H and O–H groups in total. The highest BCUT2D eigenvalue weighted by Crippen LogP contribution is 2.20. The van der Waals surface area contributed by atoms with Gasteiger partial charge in [0.1, 0.15) is 0 Å². The molecule has 0 aliphatic carbocycles. The Morgan fingerprint density at radius 3 is 2.50 bits per heavy atom. The van der Waals surface area contributed by atoms with Crippen LogP contribution >= 0.6 is 0 Å². The summed E-state index contributed by atoms with van der Waals surface area (Å²) in [6.07, 6.45) is 0.873. The lowest BCUT2D eigenvalue weighted by molar-refractivity contribution is 0.173. The van der Waals surface area contributed by atoms with Gasteiger partial charge in [0.2, 0.25) is 0 Å². The molecule has 0 aliphatic rings. The van der Waals surface area contributed by atoms with E-state index in [2.05, 4.69) is 6.07 Å². The van der Waals surface area contributed by atoms with E-state index in [4.69, 9.17) is 5.26 Å². The van der Waals surface area contributed by atoms with E-state index in [1.807, 2.05) is 43.1 Å². The molecule has 1 rings (SSSR count). The molecule has 0 aromatic heterocycles. The molecule has 3 nitrogen and oxygen atoms in total. The number of aliphatic hydroxyl groups excluding tert-OH is 1. The molecular weight excluding hydrogens is 200 g/mol. The lowest BCUT2D eigenvalue weighted by Crippen LogP contribution is -2.17. The fraction of sp³-hybridized carbons (Fsp3) is 0.462. The minimum atomic E-state index is -0.376. The highest BCUT2D eigenvalue weighted by molar-refractivity contribution is 5.47. The number of anilines is 1. The van der Waals surface area contributed by atoms with Crippen molar-refractivity contribution in [3.05, 3.63) is 29.8 Å². The van der Waals surface area contributed by atoms with Crippen LogP contribution in [0, 0.1) is 11.3 Å². The fourth-order valence-corrected chi connectivity index (χ4v) is 1.53. The third kappa shape index (κ3) is 3.25. The molecule has 0 fully saturated rings. The van der Waals surface area contributed by atoms with Crippen LogP contribution in [0.25, 0.3) is 0 Å². The molecule has 3 heteroatoms. The highest BCUT2D eigenvalue weighted by atomic mass is 16.3. The molecule has 0 bridgehead atoms. The van der Waals surface area contributed by atoms with Crippen LogP contribution < -0.4 is 4.90 Å². The summed E-state index contributed by atoms with van der Waals surface area (Å²) in [5, 5.41) is 18.1. The minimum Gasteiger partial charge on any atom is -0.388 e. The number of hydrogen-bond donors (Lipinski definition) is 1. The molecule has 0 saturated carbocycles. The van der Waals surface area contributed by atoms with Crippen molar-refractivity contribution in [3.8, 4) is 6.07 Å². The van der Waals surface area contributed by atoms with Gasteiger partial charge in [-0.25, -0.2) is 0 Å². The van der Waals surface area contributed by atoms with Gasteiger partial charge in [0.15, 0.2) is 0 Å². The van der Waals surface area contributed by atoms with Crippen LogP contribution in [0.2, 0.25) is 0 Å². The Morgan fingerprint density at radius 1 is 1.38 bits per heavy atom. The van der Waals surface area contributed by atoms with Crippen molar-refractivity contribution in [1.29, 1.82) is 5.26 Å². The first-order chi connectivity index (χ1) is 7.69. The van der Waals surface area contributed by atoms with Crippen LogP contribution in [0.4, 0.5) is 5.69 Å². The summed E-state index contributed by atoms with van der Waals surface area (Å²) >= 11 is 0. The molecule has 16 heavy (non-hydrogen) atoms. The fourth-order valence-electron chi connectivity index (χ4n) is 1.53. The van der Waals surface area contributed by atoms with E-state index in [1.54, 1.807) is 0 Å². The predicted octanol–water partition coefficient (Wildman–Crippen LogP) is 2.48. The smallest absolute Gasteiger partial charge is 0.0787 e. The van der Waals surface area contributed by atoms with Crippen LogP contribution in [0.3, 0.4) is 0 Å². The second-order valence-electron chi connectivity index (χ2n) is 3.85. The van der Waals surface area contributed by atoms with Gasteiger partial charge in [0, 0.05) is 19.3 Å². The van der Waals surface area contributed by atoms with Gasteiger partial charge in [0.05, 0.1) is 18.6 Å². The standard InChI is InChI=1S/C13H18N2O/c1-3-13(16)11-5-7-12(8-6-11)15(2)10-4-9-14/h5-8,13,16H,3-4,10H2,1-2H3/t13-/m1/s1. The average Bonchev–Trinajstić information content (AvgIpc) is 2.35. The summed E-state index contributed by atoms with van der Waals surface area (Å²) in [6, 6.07) is 9.95. The third-order valence-electron chi connectivity index (χ3n) is 2.66. The SMILES string of the molecule is CC[C@@H](O)c1ccc(N(C)CCC#N)cc1. The zero-order valence-electron chi connectivity index (χ0n) is 9.85. The normalized spacial score (nSPS) is 11.9. The Balaban J connectivity index is 2.67. The van der Waals surface area contributed by atoms with Crippen LogP contribution in [-0.4, -0.2) is 18.7 Å². The predicted molar refractivity (Wildman–Crippen MR) is 65.2 cm³/mol. The van der Waals surface area contributed by atoms with E-state index in [-0.39, 0.29) is 6.10 Å². The molecule has 0 unspecified atom stereocenters. The number of benzene rings is 1. The quantitative estimate of drug-likeness (QED) is 0.826. The number of nitrogens with zero attached hydrogens (tertiary/aromatic N) is 2. The lowest BCUT2D eigenvalue weighted by atomic mass is 10.1. The maximum atomic E-state index is 9.64. The summed E-state index contributed by atoms with van der Waals surface area (Å²) in [5.74, 6) is 0. The largest absolute Gasteiger partial charge is 0.388 e. The summed E-state index contributed by atoms with van der Waals surface area (Å²) in [6.45, 7) is 2.68. The van der Waals surface area contributed by atoms with E-state index < -0.39 is 0 Å². The Labute approximate surface area is 96.9 Å². The zero-order valence-corrected chi connectivity index (χ0v) is 9.85. The molecule has 1 aromatic carbocycles. The maximum absolute atomic E-state index is 9.64. The number of rotatable bonds is 5. The average molecular weight is 218 g/mol. The molecule has 0 aliphatic heterocycles. The van der Waals surface area contributed by atoms with Gasteiger partial charge in [-0.2, -0.15) is 5.26 Å². The van der Waals surface area contributed by atoms with Crippen molar-refractivity contribution in [1.82, 2.24) is 0 Å². The number of aliphatic hydroxyl groups is 1. The van der Waals surface area contributed by atoms with Crippen LogP contribution in [-0.2, 0) is 0 Å². The van der Waals surface area contributed by atoms with E-state index in [0.29, 0.717) is 6.42 Å². The second kappa shape index (κ2) is 6.14.